The Morgan fingerprint density at radius 3 is 2.61 bits per heavy atom. The molecule has 4 rings (SSSR count). The van der Waals surface area contributed by atoms with Gasteiger partial charge in [-0.25, -0.2) is 17.2 Å². The highest BCUT2D eigenvalue weighted by molar-refractivity contribution is 7.92. The largest absolute Gasteiger partial charge is 0.489 e. The van der Waals surface area contributed by atoms with Gasteiger partial charge in [-0.1, -0.05) is 23.7 Å². The van der Waals surface area contributed by atoms with Crippen molar-refractivity contribution >= 4 is 27.3 Å². The lowest BCUT2D eigenvalue weighted by Gasteiger charge is -2.35. The van der Waals surface area contributed by atoms with Crippen LogP contribution in [-0.2, 0) is 23.1 Å². The summed E-state index contributed by atoms with van der Waals surface area (Å²) in [5.74, 6) is -0.949. The Morgan fingerprint density at radius 2 is 1.91 bits per heavy atom. The number of hydrogen-bond acceptors (Lipinski definition) is 4. The van der Waals surface area contributed by atoms with Crippen molar-refractivity contribution in [1.29, 1.82) is 0 Å². The van der Waals surface area contributed by atoms with E-state index in [0.717, 1.165) is 11.6 Å². The number of ether oxygens (including phenoxy) is 1. The van der Waals surface area contributed by atoms with Crippen molar-refractivity contribution in [1.82, 2.24) is 0 Å². The van der Waals surface area contributed by atoms with E-state index in [9.17, 15) is 22.3 Å². The summed E-state index contributed by atoms with van der Waals surface area (Å²) in [5.41, 5.74) is 1.53. The summed E-state index contributed by atoms with van der Waals surface area (Å²) >= 11 is 6.06. The molecule has 1 atom stereocenters. The molecule has 1 N–H and O–H groups in total. The fraction of sp³-hybridized carbons (Fsp3) is 0.250. The average Bonchev–Trinajstić information content (AvgIpc) is 2.79. The Kier molecular flexibility index (Phi) is 6.61. The second-order valence-corrected chi connectivity index (χ2v) is 10.2. The molecule has 0 bridgehead atoms. The van der Waals surface area contributed by atoms with E-state index in [4.69, 9.17) is 16.3 Å². The number of anilines is 1. The monoisotopic (exact) mass is 493 g/mol. The van der Waals surface area contributed by atoms with Gasteiger partial charge in [-0.15, -0.1) is 0 Å². The van der Waals surface area contributed by atoms with Gasteiger partial charge in [-0.2, -0.15) is 0 Å². The van der Waals surface area contributed by atoms with Gasteiger partial charge in [0.05, 0.1) is 15.6 Å². The Morgan fingerprint density at radius 1 is 1.12 bits per heavy atom. The third kappa shape index (κ3) is 4.69. The maximum absolute atomic E-state index is 14.1. The zero-order chi connectivity index (χ0) is 23.8. The minimum absolute atomic E-state index is 0.0459. The van der Waals surface area contributed by atoms with Gasteiger partial charge >= 0.3 is 0 Å². The third-order valence-corrected chi connectivity index (χ3v) is 7.81. The molecule has 1 aliphatic rings. The van der Waals surface area contributed by atoms with E-state index < -0.39 is 21.7 Å². The van der Waals surface area contributed by atoms with Crippen LogP contribution in [0.4, 0.5) is 14.5 Å². The topological polar surface area (TPSA) is 66.8 Å². The molecule has 0 saturated carbocycles. The molecular weight excluding hydrogens is 472 g/mol. The normalized spacial score (nSPS) is 15.9. The van der Waals surface area contributed by atoms with Crippen LogP contribution in [0, 0.1) is 24.5 Å². The third-order valence-electron chi connectivity index (χ3n) is 5.68. The molecule has 0 aromatic heterocycles. The number of halogens is 3. The van der Waals surface area contributed by atoms with Crippen LogP contribution in [0.25, 0.3) is 0 Å². The summed E-state index contributed by atoms with van der Waals surface area (Å²) in [7, 11) is -4.04. The zero-order valence-corrected chi connectivity index (χ0v) is 19.3. The molecule has 33 heavy (non-hydrogen) atoms. The lowest BCUT2D eigenvalue weighted by molar-refractivity contribution is 0.227. The highest BCUT2D eigenvalue weighted by atomic mass is 35.5. The number of nitrogens with zero attached hydrogens (tertiary/aromatic N) is 1. The second kappa shape index (κ2) is 9.29. The lowest BCUT2D eigenvalue weighted by Crippen LogP contribution is -2.41. The molecule has 0 saturated heterocycles. The number of rotatable bonds is 6. The molecule has 5 nitrogen and oxygen atoms in total. The molecule has 1 aliphatic heterocycles. The molecular formula is C24H22ClF2NO4S. The van der Waals surface area contributed by atoms with Crippen LogP contribution in [0.15, 0.2) is 59.5 Å². The molecule has 3 aromatic carbocycles. The van der Waals surface area contributed by atoms with Gasteiger partial charge in [0.25, 0.3) is 10.0 Å². The Labute approximate surface area is 196 Å². The Bertz CT molecular complexity index is 1280. The van der Waals surface area contributed by atoms with Crippen LogP contribution >= 0.6 is 11.6 Å². The first-order valence-electron chi connectivity index (χ1n) is 10.3. The van der Waals surface area contributed by atoms with Gasteiger partial charge in [-0.05, 0) is 60.9 Å². The van der Waals surface area contributed by atoms with Crippen LogP contribution < -0.4 is 9.04 Å². The smallest absolute Gasteiger partial charge is 0.264 e. The highest BCUT2D eigenvalue weighted by Crippen LogP contribution is 2.37. The summed E-state index contributed by atoms with van der Waals surface area (Å²) in [6, 6.07) is 12.9. The maximum Gasteiger partial charge on any atom is 0.264 e. The molecule has 0 radical (unpaired) electrons. The fourth-order valence-electron chi connectivity index (χ4n) is 3.83. The number of aryl methyl sites for hydroxylation is 1. The SMILES string of the molecule is Cc1cc(S(=O)(=O)N2CC(CO)Cc3ccc(OCc4c(F)cccc4Cl)cc32)ccc1F. The molecule has 1 heterocycles. The summed E-state index contributed by atoms with van der Waals surface area (Å²) in [5, 5.41) is 9.96. The minimum atomic E-state index is -4.04. The summed E-state index contributed by atoms with van der Waals surface area (Å²) in [6.45, 7) is 1.24. The fourth-order valence-corrected chi connectivity index (χ4v) is 5.70. The minimum Gasteiger partial charge on any atom is -0.489 e. The second-order valence-electron chi connectivity index (χ2n) is 7.98. The number of hydrogen-bond donors (Lipinski definition) is 1. The van der Waals surface area contributed by atoms with Crippen LogP contribution in [0.5, 0.6) is 5.75 Å². The quantitative estimate of drug-likeness (QED) is 0.532. The standard InChI is InChI=1S/C24H22ClF2NO4S/c1-15-9-19(7-8-22(15)26)33(30,31)28-12-16(13-29)10-17-5-6-18(11-24(17)28)32-14-20-21(25)3-2-4-23(20)27/h2-9,11,16,29H,10,12-14H2,1H3. The summed E-state index contributed by atoms with van der Waals surface area (Å²) < 4.78 is 61.7. The Balaban J connectivity index is 1.70. The van der Waals surface area contributed by atoms with Gasteiger partial charge in [0.2, 0.25) is 0 Å². The maximum atomic E-state index is 14.1. The van der Waals surface area contributed by atoms with Crippen molar-refractivity contribution in [3.8, 4) is 5.75 Å². The summed E-state index contributed by atoms with van der Waals surface area (Å²) in [4.78, 5) is -0.0459. The molecule has 0 spiro atoms. The van der Waals surface area contributed by atoms with E-state index in [0.29, 0.717) is 17.9 Å². The van der Waals surface area contributed by atoms with Crippen molar-refractivity contribution < 1.29 is 27.0 Å². The molecule has 0 aliphatic carbocycles. The van der Waals surface area contributed by atoms with Crippen LogP contribution in [0.1, 0.15) is 16.7 Å². The molecule has 3 aromatic rings. The molecule has 0 fully saturated rings. The van der Waals surface area contributed by atoms with Crippen LogP contribution in [0.2, 0.25) is 5.02 Å². The van der Waals surface area contributed by atoms with Crippen molar-refractivity contribution in [2.45, 2.75) is 24.8 Å². The van der Waals surface area contributed by atoms with Crippen molar-refractivity contribution in [2.24, 2.45) is 5.92 Å². The molecule has 9 heteroatoms. The van der Waals surface area contributed by atoms with E-state index in [1.54, 1.807) is 24.3 Å². The number of aliphatic hydroxyl groups is 1. The van der Waals surface area contributed by atoms with E-state index in [2.05, 4.69) is 0 Å². The van der Waals surface area contributed by atoms with Gasteiger partial charge in [0, 0.05) is 30.7 Å². The average molecular weight is 494 g/mol. The summed E-state index contributed by atoms with van der Waals surface area (Å²) in [6.07, 6.45) is 0.486. The lowest BCUT2D eigenvalue weighted by atomic mass is 9.94. The first kappa shape index (κ1) is 23.5. The van der Waals surface area contributed by atoms with E-state index in [1.165, 1.54) is 35.5 Å². The number of aliphatic hydroxyl groups excluding tert-OH is 1. The van der Waals surface area contributed by atoms with Crippen molar-refractivity contribution in [3.05, 3.63) is 87.9 Å². The van der Waals surface area contributed by atoms with Gasteiger partial charge < -0.3 is 9.84 Å². The Hall–Kier alpha value is -2.68. The molecule has 1 unspecified atom stereocenters. The van der Waals surface area contributed by atoms with Crippen molar-refractivity contribution in [3.63, 3.8) is 0 Å². The molecule has 174 valence electrons. The predicted molar refractivity (Wildman–Crippen MR) is 122 cm³/mol. The molecule has 0 amide bonds. The van der Waals surface area contributed by atoms with Crippen LogP contribution in [-0.4, -0.2) is 26.7 Å². The highest BCUT2D eigenvalue weighted by Gasteiger charge is 2.33. The van der Waals surface area contributed by atoms with Gasteiger partial charge in [-0.3, -0.25) is 4.31 Å². The number of benzene rings is 3. The zero-order valence-electron chi connectivity index (χ0n) is 17.8. The van der Waals surface area contributed by atoms with E-state index >= 15 is 0 Å². The number of fused-ring (bicyclic) bond motifs is 1. The van der Waals surface area contributed by atoms with Gasteiger partial charge in [0.15, 0.2) is 0 Å². The first-order valence-corrected chi connectivity index (χ1v) is 12.1. The van der Waals surface area contributed by atoms with Crippen molar-refractivity contribution in [2.75, 3.05) is 17.5 Å². The predicted octanol–water partition coefficient (Wildman–Crippen LogP) is 4.87. The van der Waals surface area contributed by atoms with E-state index in [-0.39, 0.29) is 46.7 Å². The van der Waals surface area contributed by atoms with Gasteiger partial charge in [0.1, 0.15) is 24.0 Å². The van der Waals surface area contributed by atoms with Crippen LogP contribution in [0.3, 0.4) is 0 Å². The van der Waals surface area contributed by atoms with E-state index in [1.807, 2.05) is 0 Å². The number of sulfonamides is 1. The first-order chi connectivity index (χ1) is 15.7.